The Kier molecular flexibility index (Phi) is 7.68. The molecular formula is C25H26O7. The van der Waals surface area contributed by atoms with Crippen LogP contribution in [0.4, 0.5) is 0 Å². The number of hydrogen-bond donors (Lipinski definition) is 0. The summed E-state index contributed by atoms with van der Waals surface area (Å²) in [5, 5.41) is 1.21. The molecule has 0 atom stereocenters. The minimum absolute atomic E-state index is 0.0143. The van der Waals surface area contributed by atoms with E-state index in [1.807, 2.05) is 36.4 Å². The largest absolute Gasteiger partial charge is 0.496 e. The standard InChI is InChI=1S/C25H26O7/c1-5-31-25(27)23(26)19-14-21(30-4)24(32-15-28-2)22-17(10-8-11-18(19)22)13-16-9-6-7-12-20(16)29-3/h6-12,14H,5,13,15H2,1-4H3. The van der Waals surface area contributed by atoms with Gasteiger partial charge >= 0.3 is 5.97 Å². The van der Waals surface area contributed by atoms with Crippen molar-refractivity contribution in [2.45, 2.75) is 13.3 Å². The number of Topliss-reactive ketones (excluding diaryl/α,β-unsaturated/α-hetero) is 1. The lowest BCUT2D eigenvalue weighted by molar-refractivity contribution is -0.137. The lowest BCUT2D eigenvalue weighted by Crippen LogP contribution is -2.18. The van der Waals surface area contributed by atoms with E-state index in [9.17, 15) is 9.59 Å². The molecule has 0 aliphatic heterocycles. The summed E-state index contributed by atoms with van der Waals surface area (Å²) in [6.07, 6.45) is 0.505. The first-order valence-corrected chi connectivity index (χ1v) is 10.1. The van der Waals surface area contributed by atoms with Crippen LogP contribution >= 0.6 is 0 Å². The van der Waals surface area contributed by atoms with Crippen LogP contribution in [0.2, 0.25) is 0 Å². The molecule has 3 rings (SSSR count). The van der Waals surface area contributed by atoms with Gasteiger partial charge in [0.1, 0.15) is 5.75 Å². The van der Waals surface area contributed by atoms with Crippen molar-refractivity contribution in [1.82, 2.24) is 0 Å². The van der Waals surface area contributed by atoms with Crippen molar-refractivity contribution in [3.8, 4) is 17.2 Å². The Morgan fingerprint density at radius 2 is 1.59 bits per heavy atom. The fraction of sp³-hybridized carbons (Fsp3) is 0.280. The molecule has 7 nitrogen and oxygen atoms in total. The minimum Gasteiger partial charge on any atom is -0.496 e. The topological polar surface area (TPSA) is 80.3 Å². The van der Waals surface area contributed by atoms with Crippen LogP contribution in [-0.2, 0) is 20.7 Å². The molecule has 0 saturated heterocycles. The first kappa shape index (κ1) is 23.1. The molecule has 0 N–H and O–H groups in total. The van der Waals surface area contributed by atoms with Crippen LogP contribution in [0, 0.1) is 0 Å². The number of benzene rings is 3. The molecule has 0 heterocycles. The highest BCUT2D eigenvalue weighted by atomic mass is 16.7. The smallest absolute Gasteiger partial charge is 0.379 e. The number of rotatable bonds is 10. The van der Waals surface area contributed by atoms with Crippen LogP contribution in [-0.4, -0.2) is 46.5 Å². The maximum absolute atomic E-state index is 12.9. The number of hydrogen-bond acceptors (Lipinski definition) is 7. The fourth-order valence-corrected chi connectivity index (χ4v) is 3.60. The van der Waals surface area contributed by atoms with Crippen molar-refractivity contribution in [3.05, 3.63) is 65.2 Å². The van der Waals surface area contributed by atoms with Gasteiger partial charge < -0.3 is 23.7 Å². The third-order valence-corrected chi connectivity index (χ3v) is 4.99. The summed E-state index contributed by atoms with van der Waals surface area (Å²) in [5.41, 5.74) is 2.01. The van der Waals surface area contributed by atoms with E-state index in [1.165, 1.54) is 20.3 Å². The Labute approximate surface area is 186 Å². The first-order chi connectivity index (χ1) is 15.5. The van der Waals surface area contributed by atoms with Crippen molar-refractivity contribution < 1.29 is 33.3 Å². The number of ether oxygens (including phenoxy) is 5. The normalized spacial score (nSPS) is 10.6. The molecule has 0 saturated carbocycles. The van der Waals surface area contributed by atoms with Crippen molar-refractivity contribution in [2.75, 3.05) is 34.7 Å². The summed E-state index contributed by atoms with van der Waals surface area (Å²) >= 11 is 0. The molecule has 0 aliphatic carbocycles. The van der Waals surface area contributed by atoms with E-state index in [2.05, 4.69) is 0 Å². The maximum atomic E-state index is 12.9. The molecule has 32 heavy (non-hydrogen) atoms. The average molecular weight is 438 g/mol. The molecule has 7 heteroatoms. The number of ketones is 1. The van der Waals surface area contributed by atoms with Gasteiger partial charge in [0.25, 0.3) is 5.78 Å². The molecule has 0 aromatic heterocycles. The predicted octanol–water partition coefficient (Wildman–Crippen LogP) is 4.18. The van der Waals surface area contributed by atoms with E-state index < -0.39 is 11.8 Å². The molecule has 0 aliphatic rings. The number of methoxy groups -OCH3 is 3. The number of esters is 1. The predicted molar refractivity (Wildman–Crippen MR) is 120 cm³/mol. The van der Waals surface area contributed by atoms with E-state index in [0.717, 1.165) is 16.9 Å². The Hall–Kier alpha value is -3.58. The Balaban J connectivity index is 2.27. The maximum Gasteiger partial charge on any atom is 0.379 e. The fourth-order valence-electron chi connectivity index (χ4n) is 3.60. The molecule has 0 fully saturated rings. The molecular weight excluding hydrogens is 412 g/mol. The Bertz CT molecular complexity index is 1120. The van der Waals surface area contributed by atoms with Gasteiger partial charge in [0.05, 0.1) is 20.8 Å². The number of carbonyl (C=O) groups is 2. The lowest BCUT2D eigenvalue weighted by atomic mass is 9.93. The van der Waals surface area contributed by atoms with Crippen molar-refractivity contribution in [3.63, 3.8) is 0 Å². The second-order valence-electron chi connectivity index (χ2n) is 6.88. The molecule has 3 aromatic rings. The molecule has 3 aromatic carbocycles. The van der Waals surface area contributed by atoms with Crippen molar-refractivity contribution in [1.29, 1.82) is 0 Å². The number of para-hydroxylation sites is 1. The van der Waals surface area contributed by atoms with Gasteiger partial charge in [0.15, 0.2) is 18.3 Å². The summed E-state index contributed by atoms with van der Waals surface area (Å²) in [4.78, 5) is 25.1. The van der Waals surface area contributed by atoms with Gasteiger partial charge in [-0.15, -0.1) is 0 Å². The monoisotopic (exact) mass is 438 g/mol. The highest BCUT2D eigenvalue weighted by Gasteiger charge is 2.25. The molecule has 168 valence electrons. The summed E-state index contributed by atoms with van der Waals surface area (Å²) in [7, 11) is 4.61. The Morgan fingerprint density at radius 3 is 2.28 bits per heavy atom. The zero-order valence-electron chi connectivity index (χ0n) is 18.6. The van der Waals surface area contributed by atoms with E-state index in [-0.39, 0.29) is 19.0 Å². The molecule has 0 amide bonds. The number of carbonyl (C=O) groups excluding carboxylic acids is 2. The lowest BCUT2D eigenvalue weighted by Gasteiger charge is -2.18. The van der Waals surface area contributed by atoms with Crippen molar-refractivity contribution in [2.24, 2.45) is 0 Å². The summed E-state index contributed by atoms with van der Waals surface area (Å²) in [6, 6.07) is 14.7. The van der Waals surface area contributed by atoms with Crippen LogP contribution < -0.4 is 14.2 Å². The van der Waals surface area contributed by atoms with E-state index in [0.29, 0.717) is 28.7 Å². The van der Waals surface area contributed by atoms with Gasteiger partial charge in [0.2, 0.25) is 0 Å². The van der Waals surface area contributed by atoms with Crippen LogP contribution in [0.3, 0.4) is 0 Å². The van der Waals surface area contributed by atoms with Crippen molar-refractivity contribution >= 4 is 22.5 Å². The van der Waals surface area contributed by atoms with E-state index in [1.54, 1.807) is 20.1 Å². The minimum atomic E-state index is -0.920. The third kappa shape index (κ3) is 4.68. The van der Waals surface area contributed by atoms with Crippen LogP contribution in [0.25, 0.3) is 10.8 Å². The Morgan fingerprint density at radius 1 is 0.875 bits per heavy atom. The van der Waals surface area contributed by atoms with Crippen LogP contribution in [0.15, 0.2) is 48.5 Å². The van der Waals surface area contributed by atoms with E-state index >= 15 is 0 Å². The van der Waals surface area contributed by atoms with E-state index in [4.69, 9.17) is 23.7 Å². The first-order valence-electron chi connectivity index (χ1n) is 10.1. The molecule has 0 spiro atoms. The average Bonchev–Trinajstić information content (AvgIpc) is 2.82. The van der Waals surface area contributed by atoms with Gasteiger partial charge in [-0.05, 0) is 35.6 Å². The second kappa shape index (κ2) is 10.6. The zero-order chi connectivity index (χ0) is 23.1. The quantitative estimate of drug-likeness (QED) is 0.203. The van der Waals surface area contributed by atoms with Gasteiger partial charge in [0, 0.05) is 24.5 Å². The third-order valence-electron chi connectivity index (χ3n) is 4.99. The van der Waals surface area contributed by atoms with Gasteiger partial charge in [-0.3, -0.25) is 4.79 Å². The van der Waals surface area contributed by atoms with Gasteiger partial charge in [-0.1, -0.05) is 36.4 Å². The highest BCUT2D eigenvalue weighted by Crippen LogP contribution is 2.41. The second-order valence-corrected chi connectivity index (χ2v) is 6.88. The molecule has 0 bridgehead atoms. The van der Waals surface area contributed by atoms with Gasteiger partial charge in [-0.25, -0.2) is 4.79 Å². The summed E-state index contributed by atoms with van der Waals surface area (Å²) in [5.74, 6) is -0.182. The highest BCUT2D eigenvalue weighted by molar-refractivity contribution is 6.43. The van der Waals surface area contributed by atoms with Crippen LogP contribution in [0.5, 0.6) is 17.2 Å². The van der Waals surface area contributed by atoms with Crippen LogP contribution in [0.1, 0.15) is 28.4 Å². The zero-order valence-corrected chi connectivity index (χ0v) is 18.6. The summed E-state index contributed by atoms with van der Waals surface area (Å²) in [6.45, 7) is 1.74. The summed E-state index contributed by atoms with van der Waals surface area (Å²) < 4.78 is 26.9. The molecule has 0 radical (unpaired) electrons. The van der Waals surface area contributed by atoms with Gasteiger partial charge in [-0.2, -0.15) is 0 Å². The number of fused-ring (bicyclic) bond motifs is 1. The molecule has 0 unspecified atom stereocenters. The SMILES string of the molecule is CCOC(=O)C(=O)c1cc(OC)c(OCOC)c2c(Cc3ccccc3OC)cccc12.